The number of nitrogens with one attached hydrogen (secondary N) is 1. The Balaban J connectivity index is 4.25. The molecule has 0 bridgehead atoms. The molecule has 0 aromatic carbocycles. The highest BCUT2D eigenvalue weighted by Gasteiger charge is 2.14. The maximum absolute atomic E-state index is 12.7. The van der Waals surface area contributed by atoms with Crippen LogP contribution in [0.1, 0.15) is 194 Å². The first-order valence-electron chi connectivity index (χ1n) is 19.6. The zero-order valence-electron chi connectivity index (χ0n) is 30.6. The molecule has 6 heteroatoms. The topological polar surface area (TPSA) is 92.7 Å². The van der Waals surface area contributed by atoms with Crippen LogP contribution in [0.15, 0.2) is 36.5 Å². The van der Waals surface area contributed by atoms with Gasteiger partial charge in [0.15, 0.2) is 0 Å². The lowest BCUT2D eigenvalue weighted by Crippen LogP contribution is -2.28. The number of carbonyl (C=O) groups excluding carboxylic acids is 2. The van der Waals surface area contributed by atoms with Gasteiger partial charge in [0.05, 0.1) is 0 Å². The Morgan fingerprint density at radius 3 is 1.62 bits per heavy atom. The third kappa shape index (κ3) is 36.3. The molecular weight excluding hydrogens is 586 g/mol. The third-order valence-electron chi connectivity index (χ3n) is 8.53. The second-order valence-electron chi connectivity index (χ2n) is 13.2. The van der Waals surface area contributed by atoms with Gasteiger partial charge in [-0.3, -0.25) is 14.4 Å². The number of carboxylic acids is 1. The maximum atomic E-state index is 12.7. The molecule has 0 heterocycles. The largest absolute Gasteiger partial charge is 0.480 e. The molecule has 1 amide bonds. The summed E-state index contributed by atoms with van der Waals surface area (Å²) in [6.07, 6.45) is 44.0. The van der Waals surface area contributed by atoms with E-state index in [9.17, 15) is 14.4 Å². The lowest BCUT2D eigenvalue weighted by Gasteiger charge is -2.18. The second kappa shape index (κ2) is 36.5. The molecule has 0 aromatic heterocycles. The monoisotopic (exact) mass is 660 g/mol. The molecule has 0 fully saturated rings. The molecular formula is C41H73NO5. The molecule has 1 unspecified atom stereocenters. The number of allylic oxidation sites excluding steroid dienone is 6. The molecule has 272 valence electrons. The summed E-state index contributed by atoms with van der Waals surface area (Å²) >= 11 is 0. The quantitative estimate of drug-likeness (QED) is 0.0401. The summed E-state index contributed by atoms with van der Waals surface area (Å²) in [6.45, 7) is 4.18. The van der Waals surface area contributed by atoms with E-state index in [0.29, 0.717) is 12.8 Å². The number of amides is 1. The lowest BCUT2D eigenvalue weighted by molar-refractivity contribution is -0.150. The van der Waals surface area contributed by atoms with Crippen LogP contribution >= 0.6 is 0 Å². The summed E-state index contributed by atoms with van der Waals surface area (Å²) < 4.78 is 5.98. The van der Waals surface area contributed by atoms with E-state index in [-0.39, 0.29) is 24.5 Å². The molecule has 0 saturated carbocycles. The van der Waals surface area contributed by atoms with Crippen LogP contribution in [0.25, 0.3) is 0 Å². The Morgan fingerprint density at radius 1 is 0.553 bits per heavy atom. The molecule has 0 rings (SSSR count). The summed E-state index contributed by atoms with van der Waals surface area (Å²) in [5, 5.41) is 11.1. The number of esters is 1. The zero-order valence-corrected chi connectivity index (χ0v) is 30.6. The second-order valence-corrected chi connectivity index (χ2v) is 13.2. The van der Waals surface area contributed by atoms with Gasteiger partial charge >= 0.3 is 11.9 Å². The number of unbranched alkanes of at least 4 members (excludes halogenated alkanes) is 18. The molecule has 47 heavy (non-hydrogen) atoms. The SMILES string of the molecule is CCCCC/C=C\C/C=C\CCCC(CCCCCCCC(=O)NCC(=O)O)OC(=O)CCCCCCC/C=C\CCCCCCC. The van der Waals surface area contributed by atoms with Gasteiger partial charge in [0, 0.05) is 12.8 Å². The van der Waals surface area contributed by atoms with Crippen LogP contribution in [0.2, 0.25) is 0 Å². The fourth-order valence-corrected chi connectivity index (χ4v) is 5.60. The Labute approximate surface area is 289 Å². The van der Waals surface area contributed by atoms with Crippen molar-refractivity contribution in [2.45, 2.75) is 200 Å². The van der Waals surface area contributed by atoms with Crippen LogP contribution in [0, 0.1) is 0 Å². The van der Waals surface area contributed by atoms with Gasteiger partial charge in [-0.2, -0.15) is 0 Å². The van der Waals surface area contributed by atoms with Crippen molar-refractivity contribution in [3.63, 3.8) is 0 Å². The summed E-state index contributed by atoms with van der Waals surface area (Å²) in [7, 11) is 0. The van der Waals surface area contributed by atoms with Crippen molar-refractivity contribution in [1.82, 2.24) is 5.32 Å². The Morgan fingerprint density at radius 2 is 1.00 bits per heavy atom. The lowest BCUT2D eigenvalue weighted by atomic mass is 10.0. The van der Waals surface area contributed by atoms with Crippen LogP contribution in [0.5, 0.6) is 0 Å². The number of aliphatic carboxylic acids is 1. The van der Waals surface area contributed by atoms with Gasteiger partial charge in [0.25, 0.3) is 0 Å². The first-order valence-corrected chi connectivity index (χ1v) is 19.6. The van der Waals surface area contributed by atoms with Crippen molar-refractivity contribution < 1.29 is 24.2 Å². The highest BCUT2D eigenvalue weighted by Crippen LogP contribution is 2.17. The Hall–Kier alpha value is -2.37. The number of carboxylic acid groups (broad SMARTS) is 1. The van der Waals surface area contributed by atoms with Crippen molar-refractivity contribution >= 4 is 17.8 Å². The van der Waals surface area contributed by atoms with Crippen LogP contribution in [-0.4, -0.2) is 35.6 Å². The van der Waals surface area contributed by atoms with Gasteiger partial charge in [-0.15, -0.1) is 0 Å². The van der Waals surface area contributed by atoms with Crippen LogP contribution in [0.3, 0.4) is 0 Å². The highest BCUT2D eigenvalue weighted by atomic mass is 16.5. The maximum Gasteiger partial charge on any atom is 0.322 e. The summed E-state index contributed by atoms with van der Waals surface area (Å²) in [5.74, 6) is -1.27. The van der Waals surface area contributed by atoms with Crippen molar-refractivity contribution in [2.75, 3.05) is 6.54 Å². The third-order valence-corrected chi connectivity index (χ3v) is 8.53. The number of hydrogen-bond donors (Lipinski definition) is 2. The standard InChI is InChI=1S/C41H73NO5/c1-3-5-7-9-11-13-15-16-17-19-21-23-28-32-36-41(46)47-38(33-29-25-22-20-18-14-12-10-8-6-4-2)34-30-26-24-27-31-35-39(43)42-37-40(44)45/h12,14-16,20,22,38H,3-11,13,17-19,21,23-37H2,1-2H3,(H,42,43)(H,44,45)/b14-12-,16-15-,22-20-. The molecule has 0 spiro atoms. The van der Waals surface area contributed by atoms with Crippen LogP contribution in [0.4, 0.5) is 0 Å². The highest BCUT2D eigenvalue weighted by molar-refractivity contribution is 5.80. The first kappa shape index (κ1) is 44.6. The van der Waals surface area contributed by atoms with Gasteiger partial charge in [-0.25, -0.2) is 0 Å². The minimum Gasteiger partial charge on any atom is -0.480 e. The van der Waals surface area contributed by atoms with E-state index in [1.54, 1.807) is 0 Å². The van der Waals surface area contributed by atoms with Crippen molar-refractivity contribution in [3.8, 4) is 0 Å². The molecule has 0 aromatic rings. The molecule has 6 nitrogen and oxygen atoms in total. The molecule has 2 N–H and O–H groups in total. The Kier molecular flexibility index (Phi) is 34.6. The van der Waals surface area contributed by atoms with Crippen LogP contribution in [-0.2, 0) is 19.1 Å². The van der Waals surface area contributed by atoms with Gasteiger partial charge in [-0.1, -0.05) is 127 Å². The average Bonchev–Trinajstić information content (AvgIpc) is 3.05. The van der Waals surface area contributed by atoms with E-state index < -0.39 is 5.97 Å². The smallest absolute Gasteiger partial charge is 0.322 e. The number of rotatable bonds is 35. The van der Waals surface area contributed by atoms with E-state index in [2.05, 4.69) is 55.6 Å². The predicted molar refractivity (Wildman–Crippen MR) is 199 cm³/mol. The number of carbonyl (C=O) groups is 3. The molecule has 0 aliphatic heterocycles. The van der Waals surface area contributed by atoms with Crippen molar-refractivity contribution in [1.29, 1.82) is 0 Å². The van der Waals surface area contributed by atoms with Gasteiger partial charge in [0.2, 0.25) is 5.91 Å². The fraction of sp³-hybridized carbons (Fsp3) is 0.780. The summed E-state index contributed by atoms with van der Waals surface area (Å²) in [6, 6.07) is 0. The molecule has 1 atom stereocenters. The van der Waals surface area contributed by atoms with E-state index in [1.165, 1.54) is 89.9 Å². The van der Waals surface area contributed by atoms with E-state index >= 15 is 0 Å². The average molecular weight is 660 g/mol. The Bertz CT molecular complexity index is 819. The van der Waals surface area contributed by atoms with Crippen LogP contribution < -0.4 is 5.32 Å². The molecule has 0 saturated heterocycles. The first-order chi connectivity index (χ1) is 23.0. The van der Waals surface area contributed by atoms with Crippen molar-refractivity contribution in [3.05, 3.63) is 36.5 Å². The minimum absolute atomic E-state index is 0.0189. The zero-order chi connectivity index (χ0) is 34.5. The van der Waals surface area contributed by atoms with E-state index in [1.807, 2.05) is 0 Å². The fourth-order valence-electron chi connectivity index (χ4n) is 5.60. The van der Waals surface area contributed by atoms with Crippen molar-refractivity contribution in [2.24, 2.45) is 0 Å². The van der Waals surface area contributed by atoms with Gasteiger partial charge < -0.3 is 15.2 Å². The molecule has 0 aliphatic carbocycles. The van der Waals surface area contributed by atoms with Gasteiger partial charge in [-0.05, 0) is 89.9 Å². The van der Waals surface area contributed by atoms with E-state index in [4.69, 9.17) is 9.84 Å². The normalized spacial score (nSPS) is 12.4. The summed E-state index contributed by atoms with van der Waals surface area (Å²) in [5.41, 5.74) is 0. The number of hydrogen-bond acceptors (Lipinski definition) is 4. The van der Waals surface area contributed by atoms with E-state index in [0.717, 1.165) is 77.0 Å². The molecule has 0 aliphatic rings. The van der Waals surface area contributed by atoms with Gasteiger partial charge in [0.1, 0.15) is 12.6 Å². The predicted octanol–water partition coefficient (Wildman–Crippen LogP) is 11.7. The number of ether oxygens (including phenoxy) is 1. The molecule has 0 radical (unpaired) electrons. The minimum atomic E-state index is -1.02. The summed E-state index contributed by atoms with van der Waals surface area (Å²) in [4.78, 5) is 34.9.